The van der Waals surface area contributed by atoms with Gasteiger partial charge in [0.05, 0.1) is 0 Å². The molecular weight excluding hydrogens is 179 g/mol. The van der Waals surface area contributed by atoms with Crippen LogP contribution in [0.25, 0.3) is 0 Å². The van der Waals surface area contributed by atoms with Gasteiger partial charge in [-0.2, -0.15) is 0 Å². The first-order valence-electron chi connectivity index (χ1n) is 2.39. The quantitative estimate of drug-likeness (QED) is 0.415. The molecule has 0 aliphatic heterocycles. The first kappa shape index (κ1) is 9.52. The van der Waals surface area contributed by atoms with Crippen molar-refractivity contribution in [3.05, 3.63) is 0 Å². The molecule has 0 aromatic rings. The fraction of sp³-hybridized carbons (Fsp3) is 0.500. The minimum Gasteiger partial charge on any atom is -0.272 e. The van der Waals surface area contributed by atoms with E-state index in [1.165, 1.54) is 13.8 Å². The van der Waals surface area contributed by atoms with Crippen molar-refractivity contribution in [2.75, 3.05) is 0 Å². The van der Waals surface area contributed by atoms with E-state index in [0.29, 0.717) is 9.06 Å². The van der Waals surface area contributed by atoms with Crippen LogP contribution in [-0.4, -0.2) is 20.9 Å². The molecule has 0 fully saturated rings. The monoisotopic (exact) mass is 184 g/mol. The van der Waals surface area contributed by atoms with Crippen molar-refractivity contribution in [1.29, 1.82) is 0 Å². The lowest BCUT2D eigenvalue weighted by atomic mass is 10.7. The minimum atomic E-state index is -0.521. The van der Waals surface area contributed by atoms with Gasteiger partial charge in [-0.15, -0.1) is 9.06 Å². The molecule has 6 heteroatoms. The van der Waals surface area contributed by atoms with Gasteiger partial charge >= 0.3 is 0 Å². The van der Waals surface area contributed by atoms with E-state index in [1.807, 2.05) is 0 Å². The van der Waals surface area contributed by atoms with Crippen LogP contribution in [0.3, 0.4) is 0 Å². The van der Waals surface area contributed by atoms with Crippen molar-refractivity contribution in [3.63, 3.8) is 0 Å². The molecule has 0 aromatic heterocycles. The summed E-state index contributed by atoms with van der Waals surface area (Å²) in [5, 5.41) is 0. The van der Waals surface area contributed by atoms with Crippen molar-refractivity contribution in [2.45, 2.75) is 13.8 Å². The predicted octanol–water partition coefficient (Wildman–Crippen LogP) is 0.906. The highest BCUT2D eigenvalue weighted by Crippen LogP contribution is 2.06. The Kier molecular flexibility index (Phi) is 3.46. The molecule has 0 unspecified atom stereocenters. The summed E-state index contributed by atoms with van der Waals surface area (Å²) in [6.07, 6.45) is 0. The summed E-state index contributed by atoms with van der Waals surface area (Å²) < 4.78 is 0.980. The molecule has 0 radical (unpaired) electrons. The van der Waals surface area contributed by atoms with Crippen molar-refractivity contribution in [2.24, 2.45) is 0 Å². The summed E-state index contributed by atoms with van der Waals surface area (Å²) in [7, 11) is 0. The number of hydrazine groups is 1. The Morgan fingerprint density at radius 1 is 1.00 bits per heavy atom. The average molecular weight is 185 g/mol. The minimum absolute atomic E-state index is 0.490. The highest BCUT2D eigenvalue weighted by atomic mass is 35.5. The van der Waals surface area contributed by atoms with Gasteiger partial charge in [-0.25, -0.2) is 0 Å². The number of hydrogen-bond acceptors (Lipinski definition) is 2. The number of hydrogen-bond donors (Lipinski definition) is 0. The number of halogens is 2. The molecule has 0 aliphatic carbocycles. The van der Waals surface area contributed by atoms with Crippen molar-refractivity contribution >= 4 is 35.4 Å². The molecule has 0 aromatic carbocycles. The van der Waals surface area contributed by atoms with Crippen LogP contribution in [0.5, 0.6) is 0 Å². The van der Waals surface area contributed by atoms with Crippen LogP contribution in [0.15, 0.2) is 0 Å². The molecule has 10 heavy (non-hydrogen) atoms. The Morgan fingerprint density at radius 2 is 1.20 bits per heavy atom. The highest BCUT2D eigenvalue weighted by molar-refractivity contribution is 6.28. The smallest absolute Gasteiger partial charge is 0.254 e. The topological polar surface area (TPSA) is 40.6 Å². The molecule has 0 saturated carbocycles. The Labute approximate surface area is 68.5 Å². The highest BCUT2D eigenvalue weighted by Gasteiger charge is 2.16. The first-order valence-corrected chi connectivity index (χ1v) is 3.07. The lowest BCUT2D eigenvalue weighted by molar-refractivity contribution is -0.142. The van der Waals surface area contributed by atoms with E-state index < -0.39 is 11.8 Å². The van der Waals surface area contributed by atoms with Crippen LogP contribution in [0.2, 0.25) is 0 Å². The number of carbonyl (C=O) groups is 2. The number of carbonyl (C=O) groups excluding carboxylic acids is 2. The lowest BCUT2D eigenvalue weighted by Crippen LogP contribution is -2.34. The number of amides is 2. The molecule has 0 heterocycles. The Hall–Kier alpha value is -0.480. The van der Waals surface area contributed by atoms with E-state index in [-0.39, 0.29) is 0 Å². The molecular formula is C4H6Cl2N2O2. The third-order valence-electron chi connectivity index (χ3n) is 0.674. The summed E-state index contributed by atoms with van der Waals surface area (Å²) in [6.45, 7) is 2.37. The SMILES string of the molecule is CC(=O)N(Cl)N(Cl)C(C)=O. The average Bonchev–Trinajstić information content (AvgIpc) is 1.84. The molecule has 0 atom stereocenters. The van der Waals surface area contributed by atoms with Crippen LogP contribution < -0.4 is 0 Å². The van der Waals surface area contributed by atoms with Gasteiger partial charge in [0.1, 0.15) is 0 Å². The molecule has 0 N–H and O–H groups in total. The van der Waals surface area contributed by atoms with Gasteiger partial charge in [0.2, 0.25) is 0 Å². The van der Waals surface area contributed by atoms with Crippen LogP contribution >= 0.6 is 23.6 Å². The largest absolute Gasteiger partial charge is 0.272 e. The zero-order chi connectivity index (χ0) is 8.31. The van der Waals surface area contributed by atoms with Crippen LogP contribution in [-0.2, 0) is 9.59 Å². The zero-order valence-corrected chi connectivity index (χ0v) is 6.98. The third kappa shape index (κ3) is 2.41. The maximum Gasteiger partial charge on any atom is 0.254 e. The second-order valence-corrected chi connectivity index (χ2v) is 2.20. The molecule has 2 amide bonds. The standard InChI is InChI=1S/C4H6Cl2N2O2/c1-3(9)7(5)8(6)4(2)10/h1-2H3. The maximum absolute atomic E-state index is 10.4. The van der Waals surface area contributed by atoms with Crippen LogP contribution in [0, 0.1) is 0 Å². The van der Waals surface area contributed by atoms with Crippen LogP contribution in [0.1, 0.15) is 13.8 Å². The van der Waals surface area contributed by atoms with E-state index in [1.54, 1.807) is 0 Å². The van der Waals surface area contributed by atoms with Gasteiger partial charge in [0, 0.05) is 37.4 Å². The fourth-order valence-corrected chi connectivity index (χ4v) is 0.460. The summed E-state index contributed by atoms with van der Waals surface area (Å²) in [5.41, 5.74) is 0. The fourth-order valence-electron chi connectivity index (χ4n) is 0.247. The molecule has 58 valence electrons. The maximum atomic E-state index is 10.4. The second-order valence-electron chi connectivity index (χ2n) is 1.56. The summed E-state index contributed by atoms with van der Waals surface area (Å²) >= 11 is 10.4. The van der Waals surface area contributed by atoms with Crippen molar-refractivity contribution in [1.82, 2.24) is 9.06 Å². The van der Waals surface area contributed by atoms with E-state index in [0.717, 1.165) is 0 Å². The predicted molar refractivity (Wildman–Crippen MR) is 36.7 cm³/mol. The normalized spacial score (nSPS) is 8.80. The molecule has 0 bridgehead atoms. The zero-order valence-electron chi connectivity index (χ0n) is 5.47. The van der Waals surface area contributed by atoms with E-state index >= 15 is 0 Å². The number of rotatable bonds is 0. The van der Waals surface area contributed by atoms with Gasteiger partial charge in [0.15, 0.2) is 0 Å². The number of nitrogens with zero attached hydrogens (tertiary/aromatic N) is 2. The van der Waals surface area contributed by atoms with Gasteiger partial charge in [-0.1, -0.05) is 0 Å². The van der Waals surface area contributed by atoms with Crippen LogP contribution in [0.4, 0.5) is 0 Å². The summed E-state index contributed by atoms with van der Waals surface area (Å²) in [5.74, 6) is -1.04. The molecule has 0 rings (SSSR count). The summed E-state index contributed by atoms with van der Waals surface area (Å²) in [6, 6.07) is 0. The van der Waals surface area contributed by atoms with Crippen molar-refractivity contribution in [3.8, 4) is 0 Å². The lowest BCUT2D eigenvalue weighted by Gasteiger charge is -2.17. The van der Waals surface area contributed by atoms with Gasteiger partial charge in [0.25, 0.3) is 11.8 Å². The molecule has 0 spiro atoms. The van der Waals surface area contributed by atoms with Gasteiger partial charge in [-0.3, -0.25) is 9.59 Å². The van der Waals surface area contributed by atoms with E-state index in [9.17, 15) is 9.59 Å². The third-order valence-corrected chi connectivity index (χ3v) is 1.53. The second kappa shape index (κ2) is 3.63. The molecule has 0 saturated heterocycles. The Morgan fingerprint density at radius 3 is 1.30 bits per heavy atom. The molecule has 4 nitrogen and oxygen atoms in total. The molecule has 0 aliphatic rings. The summed E-state index contributed by atoms with van der Waals surface area (Å²) in [4.78, 5) is 20.8. The van der Waals surface area contributed by atoms with E-state index in [2.05, 4.69) is 0 Å². The van der Waals surface area contributed by atoms with Gasteiger partial charge in [-0.05, 0) is 0 Å². The van der Waals surface area contributed by atoms with E-state index in [4.69, 9.17) is 23.6 Å². The first-order chi connectivity index (χ1) is 4.46. The van der Waals surface area contributed by atoms with Crippen molar-refractivity contribution < 1.29 is 9.59 Å². The Bertz CT molecular complexity index is 143. The Balaban J connectivity index is 4.07. The van der Waals surface area contributed by atoms with Gasteiger partial charge < -0.3 is 0 Å².